The summed E-state index contributed by atoms with van der Waals surface area (Å²) >= 11 is 0. The molecule has 3 rings (SSSR count). The van der Waals surface area contributed by atoms with Crippen molar-refractivity contribution in [3.05, 3.63) is 53.6 Å². The first kappa shape index (κ1) is 22.7. The van der Waals surface area contributed by atoms with E-state index < -0.39 is 17.8 Å². The van der Waals surface area contributed by atoms with E-state index in [0.717, 1.165) is 11.6 Å². The monoisotopic (exact) mass is 437 g/mol. The van der Waals surface area contributed by atoms with Crippen molar-refractivity contribution >= 4 is 17.4 Å². The number of aromatic hydroxyl groups is 1. The number of amides is 2. The van der Waals surface area contributed by atoms with Crippen LogP contribution in [0.5, 0.6) is 5.75 Å². The van der Waals surface area contributed by atoms with Gasteiger partial charge in [-0.2, -0.15) is 13.2 Å². The number of urea groups is 1. The number of morpholine rings is 1. The number of hydrogen-bond acceptors (Lipinski definition) is 4. The van der Waals surface area contributed by atoms with Gasteiger partial charge in [-0.15, -0.1) is 0 Å². The van der Waals surface area contributed by atoms with Crippen molar-refractivity contribution in [1.82, 2.24) is 5.32 Å². The van der Waals surface area contributed by atoms with Crippen LogP contribution in [0.2, 0.25) is 0 Å². The van der Waals surface area contributed by atoms with Gasteiger partial charge in [-0.05, 0) is 55.7 Å². The molecule has 1 fully saturated rings. The van der Waals surface area contributed by atoms with Crippen LogP contribution in [-0.4, -0.2) is 43.5 Å². The molecule has 0 aromatic heterocycles. The molecule has 0 saturated carbocycles. The Kier molecular flexibility index (Phi) is 7.27. The number of anilines is 2. The summed E-state index contributed by atoms with van der Waals surface area (Å²) in [4.78, 5) is 14.1. The van der Waals surface area contributed by atoms with E-state index in [1.807, 2.05) is 4.90 Å². The number of carbonyl (C=O) groups excluding carboxylic acids is 1. The number of nitrogens with one attached hydrogen (secondary N) is 2. The number of benzene rings is 2. The Morgan fingerprint density at radius 1 is 1.16 bits per heavy atom. The molecule has 1 aliphatic rings. The second-order valence-electron chi connectivity index (χ2n) is 7.53. The highest BCUT2D eigenvalue weighted by Gasteiger charge is 2.35. The van der Waals surface area contributed by atoms with Crippen molar-refractivity contribution in [1.29, 1.82) is 0 Å². The van der Waals surface area contributed by atoms with E-state index in [9.17, 15) is 23.1 Å². The highest BCUT2D eigenvalue weighted by Crippen LogP contribution is 2.37. The summed E-state index contributed by atoms with van der Waals surface area (Å²) in [5.41, 5.74) is 0.268. The standard InChI is InChI=1S/C22H26F3N3O3/c1-15(2-3-16-4-7-18(29)8-5-16)26-21(30)27-20-9-6-17(14-19(20)22(23,24)25)28-10-12-31-13-11-28/h4-9,14-15,29H,2-3,10-13H2,1H3,(H2,26,27,30). The van der Waals surface area contributed by atoms with Gasteiger partial charge in [0, 0.05) is 24.8 Å². The predicted octanol–water partition coefficient (Wildman–Crippen LogP) is 4.39. The fourth-order valence-electron chi connectivity index (χ4n) is 3.39. The van der Waals surface area contributed by atoms with Crippen LogP contribution in [0.4, 0.5) is 29.3 Å². The van der Waals surface area contributed by atoms with Crippen LogP contribution in [0.25, 0.3) is 0 Å². The van der Waals surface area contributed by atoms with Gasteiger partial charge in [-0.3, -0.25) is 0 Å². The number of aryl methyl sites for hydroxylation is 1. The van der Waals surface area contributed by atoms with Gasteiger partial charge in [0.1, 0.15) is 5.75 Å². The average molecular weight is 437 g/mol. The quantitative estimate of drug-likeness (QED) is 0.627. The fourth-order valence-corrected chi connectivity index (χ4v) is 3.39. The second kappa shape index (κ2) is 9.91. The topological polar surface area (TPSA) is 73.8 Å². The number of hydrogen-bond donors (Lipinski definition) is 3. The summed E-state index contributed by atoms with van der Waals surface area (Å²) in [7, 11) is 0. The van der Waals surface area contributed by atoms with E-state index in [1.165, 1.54) is 6.07 Å². The number of rotatable bonds is 6. The third-order valence-electron chi connectivity index (χ3n) is 5.11. The molecule has 9 heteroatoms. The molecule has 6 nitrogen and oxygen atoms in total. The van der Waals surface area contributed by atoms with Crippen LogP contribution >= 0.6 is 0 Å². The summed E-state index contributed by atoms with van der Waals surface area (Å²) in [6.07, 6.45) is -3.35. The first-order chi connectivity index (χ1) is 14.7. The third-order valence-corrected chi connectivity index (χ3v) is 5.11. The van der Waals surface area contributed by atoms with Crippen molar-refractivity contribution in [2.45, 2.75) is 32.0 Å². The predicted molar refractivity (Wildman–Crippen MR) is 113 cm³/mol. The first-order valence-corrected chi connectivity index (χ1v) is 10.1. The molecule has 1 heterocycles. The second-order valence-corrected chi connectivity index (χ2v) is 7.53. The van der Waals surface area contributed by atoms with Crippen LogP contribution in [0.1, 0.15) is 24.5 Å². The molecule has 2 aromatic rings. The van der Waals surface area contributed by atoms with Gasteiger partial charge in [-0.25, -0.2) is 4.79 Å². The normalized spacial score (nSPS) is 15.4. The maximum absolute atomic E-state index is 13.6. The molecule has 0 aliphatic carbocycles. The number of halogens is 3. The molecule has 3 N–H and O–H groups in total. The molecule has 0 spiro atoms. The van der Waals surface area contributed by atoms with Gasteiger partial charge in [-0.1, -0.05) is 12.1 Å². The summed E-state index contributed by atoms with van der Waals surface area (Å²) in [5, 5.41) is 14.3. The van der Waals surface area contributed by atoms with Gasteiger partial charge < -0.3 is 25.4 Å². The van der Waals surface area contributed by atoms with E-state index in [0.29, 0.717) is 44.8 Å². The van der Waals surface area contributed by atoms with Crippen LogP contribution in [0.3, 0.4) is 0 Å². The summed E-state index contributed by atoms with van der Waals surface area (Å²) < 4.78 is 46.1. The molecule has 31 heavy (non-hydrogen) atoms. The summed E-state index contributed by atoms with van der Waals surface area (Å²) in [5.74, 6) is 0.175. The highest BCUT2D eigenvalue weighted by atomic mass is 19.4. The highest BCUT2D eigenvalue weighted by molar-refractivity contribution is 5.90. The van der Waals surface area contributed by atoms with Gasteiger partial charge in [0.2, 0.25) is 0 Å². The van der Waals surface area contributed by atoms with Crippen LogP contribution in [-0.2, 0) is 17.3 Å². The molecule has 1 aliphatic heterocycles. The Morgan fingerprint density at radius 3 is 2.48 bits per heavy atom. The van der Waals surface area contributed by atoms with E-state index in [1.54, 1.807) is 37.3 Å². The molecular weight excluding hydrogens is 411 g/mol. The number of nitrogens with zero attached hydrogens (tertiary/aromatic N) is 1. The minimum absolute atomic E-state index is 0.175. The number of carbonyl (C=O) groups is 1. The zero-order chi connectivity index (χ0) is 22.4. The zero-order valence-electron chi connectivity index (χ0n) is 17.2. The molecule has 168 valence electrons. The Bertz CT molecular complexity index is 882. The fraction of sp³-hybridized carbons (Fsp3) is 0.409. The Balaban J connectivity index is 1.61. The largest absolute Gasteiger partial charge is 0.508 e. The van der Waals surface area contributed by atoms with Gasteiger partial charge in [0.05, 0.1) is 24.5 Å². The SMILES string of the molecule is CC(CCc1ccc(O)cc1)NC(=O)Nc1ccc(N2CCOCC2)cc1C(F)(F)F. The van der Waals surface area contributed by atoms with Crippen molar-refractivity contribution < 1.29 is 27.8 Å². The number of phenols is 1. The summed E-state index contributed by atoms with van der Waals surface area (Å²) in [6.45, 7) is 3.75. The van der Waals surface area contributed by atoms with Gasteiger partial charge in [0.25, 0.3) is 0 Å². The van der Waals surface area contributed by atoms with E-state index in [2.05, 4.69) is 10.6 Å². The minimum atomic E-state index is -4.60. The van der Waals surface area contributed by atoms with E-state index in [-0.39, 0.29) is 17.5 Å². The third kappa shape index (κ3) is 6.52. The van der Waals surface area contributed by atoms with Crippen LogP contribution < -0.4 is 15.5 Å². The van der Waals surface area contributed by atoms with Gasteiger partial charge >= 0.3 is 12.2 Å². The number of phenolic OH excluding ortho intramolecular Hbond substituents is 1. The Hall–Kier alpha value is -2.94. The molecule has 1 unspecified atom stereocenters. The van der Waals surface area contributed by atoms with Crippen LogP contribution in [0.15, 0.2) is 42.5 Å². The number of ether oxygens (including phenoxy) is 1. The Morgan fingerprint density at radius 2 is 1.84 bits per heavy atom. The van der Waals surface area contributed by atoms with Crippen molar-refractivity contribution in [2.24, 2.45) is 0 Å². The lowest BCUT2D eigenvalue weighted by atomic mass is 10.1. The average Bonchev–Trinajstić information content (AvgIpc) is 2.73. The first-order valence-electron chi connectivity index (χ1n) is 10.1. The lowest BCUT2D eigenvalue weighted by Crippen LogP contribution is -2.37. The molecule has 0 bridgehead atoms. The Labute approximate surface area is 179 Å². The number of alkyl halides is 3. The zero-order valence-corrected chi connectivity index (χ0v) is 17.2. The molecule has 2 amide bonds. The van der Waals surface area contributed by atoms with E-state index in [4.69, 9.17) is 4.74 Å². The van der Waals surface area contributed by atoms with E-state index >= 15 is 0 Å². The van der Waals surface area contributed by atoms with Crippen LogP contribution in [0, 0.1) is 0 Å². The van der Waals surface area contributed by atoms with Crippen molar-refractivity contribution in [3.8, 4) is 5.75 Å². The molecule has 1 saturated heterocycles. The lowest BCUT2D eigenvalue weighted by Gasteiger charge is -2.29. The summed E-state index contributed by atoms with van der Waals surface area (Å²) in [6, 6.07) is 9.72. The molecule has 2 aromatic carbocycles. The van der Waals surface area contributed by atoms with Crippen molar-refractivity contribution in [3.63, 3.8) is 0 Å². The molecule has 1 atom stereocenters. The smallest absolute Gasteiger partial charge is 0.418 e. The van der Waals surface area contributed by atoms with Gasteiger partial charge in [0.15, 0.2) is 0 Å². The van der Waals surface area contributed by atoms with Crippen molar-refractivity contribution in [2.75, 3.05) is 36.5 Å². The maximum atomic E-state index is 13.6. The maximum Gasteiger partial charge on any atom is 0.418 e. The molecular formula is C22H26F3N3O3. The minimum Gasteiger partial charge on any atom is -0.508 e. The lowest BCUT2D eigenvalue weighted by molar-refractivity contribution is -0.136. The molecule has 0 radical (unpaired) electrons.